The molecule has 0 aromatic heterocycles. The molecule has 7 heteroatoms. The number of amides is 2. The zero-order valence-electron chi connectivity index (χ0n) is 15.3. The minimum absolute atomic E-state index is 0.0157. The van der Waals surface area contributed by atoms with Crippen molar-refractivity contribution in [3.63, 3.8) is 0 Å². The fourth-order valence-corrected chi connectivity index (χ4v) is 3.03. The van der Waals surface area contributed by atoms with Crippen molar-refractivity contribution in [3.8, 4) is 11.5 Å². The predicted molar refractivity (Wildman–Crippen MR) is 98.6 cm³/mol. The van der Waals surface area contributed by atoms with Crippen LogP contribution >= 0.6 is 0 Å². The van der Waals surface area contributed by atoms with Crippen LogP contribution in [0, 0.1) is 5.82 Å². The Kier molecular flexibility index (Phi) is 5.59. The number of anilines is 1. The van der Waals surface area contributed by atoms with Crippen LogP contribution < -0.4 is 14.4 Å². The standard InChI is InChI=1S/C20H21FN2O4/c1-26-15-10-14(11-16(12-15)27-2)20(25)23(13-22-9-5-8-19(22)24)18-7-4-3-6-17(18)21/h3-4,6-7,10-12H,5,8-9,13H2,1-2H3. The number of rotatable bonds is 6. The van der Waals surface area contributed by atoms with Crippen molar-refractivity contribution in [1.29, 1.82) is 0 Å². The Morgan fingerprint density at radius 1 is 1.15 bits per heavy atom. The SMILES string of the molecule is COc1cc(OC)cc(C(=O)N(CN2CCCC2=O)c2ccccc2F)c1. The van der Waals surface area contributed by atoms with Gasteiger partial charge in [-0.25, -0.2) is 4.39 Å². The molecule has 2 aromatic rings. The Balaban J connectivity index is 2.00. The molecule has 0 bridgehead atoms. The molecule has 3 rings (SSSR count). The van der Waals surface area contributed by atoms with E-state index in [1.807, 2.05) is 0 Å². The maximum Gasteiger partial charge on any atom is 0.260 e. The molecule has 0 unspecified atom stereocenters. The third kappa shape index (κ3) is 4.02. The summed E-state index contributed by atoms with van der Waals surface area (Å²) in [6.07, 6.45) is 1.16. The van der Waals surface area contributed by atoms with Crippen molar-refractivity contribution in [3.05, 3.63) is 53.8 Å². The van der Waals surface area contributed by atoms with Crippen LogP contribution in [0.3, 0.4) is 0 Å². The molecule has 6 nitrogen and oxygen atoms in total. The molecule has 1 saturated heterocycles. The lowest BCUT2D eigenvalue weighted by Gasteiger charge is -2.28. The quantitative estimate of drug-likeness (QED) is 0.782. The zero-order valence-corrected chi connectivity index (χ0v) is 15.3. The van der Waals surface area contributed by atoms with E-state index in [9.17, 15) is 14.0 Å². The highest BCUT2D eigenvalue weighted by Gasteiger charge is 2.28. The average molecular weight is 372 g/mol. The van der Waals surface area contributed by atoms with Gasteiger partial charge in [-0.05, 0) is 30.7 Å². The van der Waals surface area contributed by atoms with Gasteiger partial charge in [0.2, 0.25) is 5.91 Å². The molecule has 0 atom stereocenters. The number of methoxy groups -OCH3 is 2. The molecule has 2 aromatic carbocycles. The summed E-state index contributed by atoms with van der Waals surface area (Å²) in [6, 6.07) is 10.8. The summed E-state index contributed by atoms with van der Waals surface area (Å²) in [5.74, 6) is -0.136. The second-order valence-electron chi connectivity index (χ2n) is 6.19. The smallest absolute Gasteiger partial charge is 0.260 e. The summed E-state index contributed by atoms with van der Waals surface area (Å²) < 4.78 is 24.9. The highest BCUT2D eigenvalue weighted by Crippen LogP contribution is 2.27. The number of benzene rings is 2. The van der Waals surface area contributed by atoms with E-state index in [1.54, 1.807) is 35.2 Å². The predicted octanol–water partition coefficient (Wildman–Crippen LogP) is 3.07. The van der Waals surface area contributed by atoms with Gasteiger partial charge < -0.3 is 14.4 Å². The van der Waals surface area contributed by atoms with Gasteiger partial charge in [-0.15, -0.1) is 0 Å². The fourth-order valence-electron chi connectivity index (χ4n) is 3.03. The summed E-state index contributed by atoms with van der Waals surface area (Å²) in [7, 11) is 2.97. The van der Waals surface area contributed by atoms with E-state index in [0.29, 0.717) is 24.5 Å². The third-order valence-corrected chi connectivity index (χ3v) is 4.47. The van der Waals surface area contributed by atoms with Crippen LogP contribution in [-0.4, -0.2) is 44.1 Å². The van der Waals surface area contributed by atoms with E-state index in [-0.39, 0.29) is 23.8 Å². The van der Waals surface area contributed by atoms with E-state index in [0.717, 1.165) is 6.42 Å². The van der Waals surface area contributed by atoms with Gasteiger partial charge >= 0.3 is 0 Å². The molecule has 142 valence electrons. The van der Waals surface area contributed by atoms with Crippen LogP contribution in [0.1, 0.15) is 23.2 Å². The summed E-state index contributed by atoms with van der Waals surface area (Å²) in [6.45, 7) is 0.524. The summed E-state index contributed by atoms with van der Waals surface area (Å²) in [5.41, 5.74) is 0.394. The first-order chi connectivity index (χ1) is 13.0. The maximum absolute atomic E-state index is 14.4. The monoisotopic (exact) mass is 372 g/mol. The first kappa shape index (κ1) is 18.7. The first-order valence-corrected chi connectivity index (χ1v) is 8.60. The van der Waals surface area contributed by atoms with Crippen LogP contribution in [-0.2, 0) is 4.79 Å². The lowest BCUT2D eigenvalue weighted by atomic mass is 10.1. The molecule has 2 amide bonds. The van der Waals surface area contributed by atoms with Gasteiger partial charge in [-0.2, -0.15) is 0 Å². The molecular weight excluding hydrogens is 351 g/mol. The third-order valence-electron chi connectivity index (χ3n) is 4.47. The largest absolute Gasteiger partial charge is 0.497 e. The Labute approximate surface area is 157 Å². The van der Waals surface area contributed by atoms with Gasteiger partial charge in [0, 0.05) is 24.6 Å². The molecule has 0 spiro atoms. The van der Waals surface area contributed by atoms with E-state index in [1.165, 1.54) is 31.3 Å². The lowest BCUT2D eigenvalue weighted by molar-refractivity contribution is -0.127. The second-order valence-corrected chi connectivity index (χ2v) is 6.19. The number of carbonyl (C=O) groups is 2. The number of nitrogens with zero attached hydrogens (tertiary/aromatic N) is 2. The van der Waals surface area contributed by atoms with Crippen LogP contribution in [0.2, 0.25) is 0 Å². The van der Waals surface area contributed by atoms with Gasteiger partial charge in [-0.1, -0.05) is 12.1 Å². The zero-order chi connectivity index (χ0) is 19.4. The van der Waals surface area contributed by atoms with Crippen molar-refractivity contribution in [1.82, 2.24) is 4.90 Å². The van der Waals surface area contributed by atoms with Crippen molar-refractivity contribution < 1.29 is 23.5 Å². The van der Waals surface area contributed by atoms with Gasteiger partial charge in [0.15, 0.2) is 0 Å². The van der Waals surface area contributed by atoms with Crippen LogP contribution in [0.5, 0.6) is 11.5 Å². The van der Waals surface area contributed by atoms with E-state index in [4.69, 9.17) is 9.47 Å². The van der Waals surface area contributed by atoms with Crippen molar-refractivity contribution >= 4 is 17.5 Å². The topological polar surface area (TPSA) is 59.1 Å². The average Bonchev–Trinajstić information content (AvgIpc) is 3.10. The Bertz CT molecular complexity index is 833. The number of carbonyl (C=O) groups excluding carboxylic acids is 2. The Morgan fingerprint density at radius 3 is 2.37 bits per heavy atom. The molecule has 1 heterocycles. The fraction of sp³-hybridized carbons (Fsp3) is 0.300. The number of ether oxygens (including phenoxy) is 2. The van der Waals surface area contributed by atoms with Crippen LogP contribution in [0.25, 0.3) is 0 Å². The molecular formula is C20H21FN2O4. The maximum atomic E-state index is 14.4. The molecule has 0 saturated carbocycles. The molecule has 1 aliphatic rings. The lowest BCUT2D eigenvalue weighted by Crippen LogP contribution is -2.42. The van der Waals surface area contributed by atoms with Gasteiger partial charge in [0.25, 0.3) is 5.91 Å². The highest BCUT2D eigenvalue weighted by molar-refractivity contribution is 6.07. The number of likely N-dealkylation sites (tertiary alicyclic amines) is 1. The number of hydrogen-bond donors (Lipinski definition) is 0. The first-order valence-electron chi connectivity index (χ1n) is 8.60. The van der Waals surface area contributed by atoms with Crippen molar-refractivity contribution in [2.75, 3.05) is 32.3 Å². The number of halogens is 1. The van der Waals surface area contributed by atoms with Crippen LogP contribution in [0.15, 0.2) is 42.5 Å². The highest BCUT2D eigenvalue weighted by atomic mass is 19.1. The van der Waals surface area contributed by atoms with Gasteiger partial charge in [0.1, 0.15) is 24.0 Å². The summed E-state index contributed by atoms with van der Waals surface area (Å²) >= 11 is 0. The molecule has 1 aliphatic heterocycles. The molecule has 0 aliphatic carbocycles. The van der Waals surface area contributed by atoms with E-state index < -0.39 is 11.7 Å². The van der Waals surface area contributed by atoms with Gasteiger partial charge in [0.05, 0.1) is 19.9 Å². The molecule has 0 radical (unpaired) electrons. The summed E-state index contributed by atoms with van der Waals surface area (Å²) in [4.78, 5) is 28.1. The van der Waals surface area contributed by atoms with E-state index in [2.05, 4.69) is 0 Å². The van der Waals surface area contributed by atoms with E-state index >= 15 is 0 Å². The molecule has 0 N–H and O–H groups in total. The number of hydrogen-bond acceptors (Lipinski definition) is 4. The minimum Gasteiger partial charge on any atom is -0.497 e. The van der Waals surface area contributed by atoms with Crippen LogP contribution in [0.4, 0.5) is 10.1 Å². The van der Waals surface area contributed by atoms with Crippen molar-refractivity contribution in [2.45, 2.75) is 12.8 Å². The summed E-state index contributed by atoms with van der Waals surface area (Å²) in [5, 5.41) is 0. The van der Waals surface area contributed by atoms with Crippen molar-refractivity contribution in [2.24, 2.45) is 0 Å². The number of para-hydroxylation sites is 1. The Hall–Kier alpha value is -3.09. The van der Waals surface area contributed by atoms with Gasteiger partial charge in [-0.3, -0.25) is 14.5 Å². The second kappa shape index (κ2) is 8.07. The Morgan fingerprint density at radius 2 is 1.81 bits per heavy atom. The normalized spacial score (nSPS) is 13.6. The molecule has 27 heavy (non-hydrogen) atoms. The molecule has 1 fully saturated rings. The minimum atomic E-state index is -0.535.